The molecular formula is C13H12N4OS. The second kappa shape index (κ2) is 5.11. The third kappa shape index (κ3) is 2.58. The SMILES string of the molecule is S=C(NCc1ccco1)Nn1cnc2ccccc21. The van der Waals surface area contributed by atoms with Crippen molar-refractivity contribution >= 4 is 28.4 Å². The zero-order valence-corrected chi connectivity index (χ0v) is 10.9. The van der Waals surface area contributed by atoms with E-state index in [9.17, 15) is 0 Å². The molecule has 6 heteroatoms. The number of para-hydroxylation sites is 2. The van der Waals surface area contributed by atoms with E-state index in [1.54, 1.807) is 17.3 Å². The maximum absolute atomic E-state index is 5.23. The fraction of sp³-hybridized carbons (Fsp3) is 0.0769. The molecule has 3 aromatic rings. The van der Waals surface area contributed by atoms with Gasteiger partial charge >= 0.3 is 0 Å². The predicted molar refractivity (Wildman–Crippen MR) is 77.2 cm³/mol. The summed E-state index contributed by atoms with van der Waals surface area (Å²) in [4.78, 5) is 4.28. The van der Waals surface area contributed by atoms with E-state index in [1.165, 1.54) is 0 Å². The summed E-state index contributed by atoms with van der Waals surface area (Å²) in [5.74, 6) is 0.833. The first-order chi connectivity index (χ1) is 9.33. The third-order valence-electron chi connectivity index (χ3n) is 2.68. The Bertz CT molecular complexity index is 690. The van der Waals surface area contributed by atoms with Gasteiger partial charge < -0.3 is 9.73 Å². The molecule has 2 heterocycles. The van der Waals surface area contributed by atoms with Gasteiger partial charge in [-0.25, -0.2) is 9.66 Å². The second-order valence-corrected chi connectivity index (χ2v) is 4.39. The van der Waals surface area contributed by atoms with Crippen molar-refractivity contribution in [2.75, 3.05) is 5.43 Å². The average Bonchev–Trinajstić information content (AvgIpc) is 3.07. The van der Waals surface area contributed by atoms with Crippen molar-refractivity contribution in [3.05, 3.63) is 54.7 Å². The minimum absolute atomic E-state index is 0.513. The van der Waals surface area contributed by atoms with Crippen molar-refractivity contribution < 1.29 is 4.42 Å². The topological polar surface area (TPSA) is 55.0 Å². The van der Waals surface area contributed by atoms with Crippen LogP contribution in [0, 0.1) is 0 Å². The molecule has 0 aliphatic carbocycles. The van der Waals surface area contributed by atoms with E-state index in [1.807, 2.05) is 36.4 Å². The summed E-state index contributed by atoms with van der Waals surface area (Å²) in [7, 11) is 0. The minimum atomic E-state index is 0.513. The van der Waals surface area contributed by atoms with E-state index >= 15 is 0 Å². The van der Waals surface area contributed by atoms with Crippen molar-refractivity contribution in [2.45, 2.75) is 6.54 Å². The number of nitrogens with zero attached hydrogens (tertiary/aromatic N) is 2. The molecule has 5 nitrogen and oxygen atoms in total. The molecule has 2 aromatic heterocycles. The highest BCUT2D eigenvalue weighted by Crippen LogP contribution is 2.09. The first-order valence-electron chi connectivity index (χ1n) is 5.82. The Balaban J connectivity index is 1.66. The van der Waals surface area contributed by atoms with E-state index < -0.39 is 0 Å². The molecule has 0 fully saturated rings. The first kappa shape index (κ1) is 11.7. The van der Waals surface area contributed by atoms with Gasteiger partial charge in [-0.15, -0.1) is 0 Å². The molecule has 0 saturated carbocycles. The standard InChI is InChI=1S/C13H12N4OS/c19-13(14-8-10-4-3-7-18-10)16-17-9-15-11-5-1-2-6-12(11)17/h1-7,9H,8H2,(H2,14,16,19). The highest BCUT2D eigenvalue weighted by Gasteiger charge is 2.03. The minimum Gasteiger partial charge on any atom is -0.467 e. The van der Waals surface area contributed by atoms with Crippen LogP contribution in [0.2, 0.25) is 0 Å². The average molecular weight is 272 g/mol. The molecule has 0 amide bonds. The highest BCUT2D eigenvalue weighted by molar-refractivity contribution is 7.80. The van der Waals surface area contributed by atoms with Crippen LogP contribution in [0.4, 0.5) is 0 Å². The Kier molecular flexibility index (Phi) is 3.16. The van der Waals surface area contributed by atoms with Crippen molar-refractivity contribution in [3.8, 4) is 0 Å². The van der Waals surface area contributed by atoms with Crippen molar-refractivity contribution in [1.82, 2.24) is 15.0 Å². The van der Waals surface area contributed by atoms with Gasteiger partial charge in [-0.05, 0) is 36.5 Å². The van der Waals surface area contributed by atoms with Crippen LogP contribution >= 0.6 is 12.2 Å². The Hall–Kier alpha value is -2.34. The number of hydrogen-bond acceptors (Lipinski definition) is 3. The summed E-state index contributed by atoms with van der Waals surface area (Å²) in [5.41, 5.74) is 4.96. The fourth-order valence-electron chi connectivity index (χ4n) is 1.78. The Morgan fingerprint density at radius 1 is 1.26 bits per heavy atom. The summed E-state index contributed by atoms with van der Waals surface area (Å²) >= 11 is 5.23. The van der Waals surface area contributed by atoms with Gasteiger partial charge in [-0.2, -0.15) is 0 Å². The van der Waals surface area contributed by atoms with Crippen LogP contribution in [0.3, 0.4) is 0 Å². The van der Waals surface area contributed by atoms with Crippen LogP contribution in [0.1, 0.15) is 5.76 Å². The second-order valence-electron chi connectivity index (χ2n) is 3.98. The number of furan rings is 1. The van der Waals surface area contributed by atoms with E-state index in [0.717, 1.165) is 16.8 Å². The normalized spacial score (nSPS) is 10.5. The van der Waals surface area contributed by atoms with Gasteiger partial charge in [-0.1, -0.05) is 12.1 Å². The molecule has 0 saturated heterocycles. The van der Waals surface area contributed by atoms with E-state index in [-0.39, 0.29) is 0 Å². The zero-order chi connectivity index (χ0) is 13.1. The highest BCUT2D eigenvalue weighted by atomic mass is 32.1. The lowest BCUT2D eigenvalue weighted by molar-refractivity contribution is 0.503. The molecular weight excluding hydrogens is 260 g/mol. The van der Waals surface area contributed by atoms with Crippen LogP contribution in [0.15, 0.2) is 53.4 Å². The zero-order valence-electron chi connectivity index (χ0n) is 10.0. The van der Waals surface area contributed by atoms with Crippen LogP contribution < -0.4 is 10.7 Å². The Morgan fingerprint density at radius 3 is 3.00 bits per heavy atom. The molecule has 0 radical (unpaired) electrons. The summed E-state index contributed by atoms with van der Waals surface area (Å²) in [6, 6.07) is 11.6. The maximum Gasteiger partial charge on any atom is 0.186 e. The molecule has 0 bridgehead atoms. The number of aromatic nitrogens is 2. The maximum atomic E-state index is 5.23. The summed E-state index contributed by atoms with van der Waals surface area (Å²) in [6.07, 6.45) is 3.34. The predicted octanol–water partition coefficient (Wildman–Crippen LogP) is 2.25. The molecule has 0 aliphatic heterocycles. The number of hydrogen-bond donors (Lipinski definition) is 2. The van der Waals surface area contributed by atoms with E-state index in [4.69, 9.17) is 16.6 Å². The lowest BCUT2D eigenvalue weighted by Gasteiger charge is -2.10. The van der Waals surface area contributed by atoms with Crippen LogP contribution in [-0.2, 0) is 6.54 Å². The smallest absolute Gasteiger partial charge is 0.186 e. The summed E-state index contributed by atoms with van der Waals surface area (Å²) < 4.78 is 7.00. The molecule has 0 atom stereocenters. The molecule has 0 unspecified atom stereocenters. The Morgan fingerprint density at radius 2 is 2.16 bits per heavy atom. The summed E-state index contributed by atoms with van der Waals surface area (Å²) in [6.45, 7) is 0.547. The number of nitrogens with one attached hydrogen (secondary N) is 2. The monoisotopic (exact) mass is 272 g/mol. The van der Waals surface area contributed by atoms with Crippen LogP contribution in [0.25, 0.3) is 11.0 Å². The largest absolute Gasteiger partial charge is 0.467 e. The number of fused-ring (bicyclic) bond motifs is 1. The summed E-state index contributed by atoms with van der Waals surface area (Å²) in [5, 5.41) is 3.58. The van der Waals surface area contributed by atoms with Gasteiger partial charge in [0.15, 0.2) is 5.11 Å². The fourth-order valence-corrected chi connectivity index (χ4v) is 1.95. The number of thiocarbonyl (C=S) groups is 1. The van der Waals surface area contributed by atoms with E-state index in [2.05, 4.69) is 15.7 Å². The molecule has 0 spiro atoms. The molecule has 0 aliphatic rings. The quantitative estimate of drug-likeness (QED) is 0.716. The molecule has 1 aromatic carbocycles. The van der Waals surface area contributed by atoms with Gasteiger partial charge in [0.2, 0.25) is 0 Å². The van der Waals surface area contributed by atoms with Crippen LogP contribution in [-0.4, -0.2) is 14.8 Å². The number of benzene rings is 1. The number of imidazole rings is 1. The van der Waals surface area contributed by atoms with Crippen LogP contribution in [0.5, 0.6) is 0 Å². The van der Waals surface area contributed by atoms with Gasteiger partial charge in [-0.3, -0.25) is 5.43 Å². The molecule has 3 rings (SSSR count). The van der Waals surface area contributed by atoms with E-state index in [0.29, 0.717) is 11.7 Å². The lowest BCUT2D eigenvalue weighted by atomic mass is 10.3. The van der Waals surface area contributed by atoms with Crippen molar-refractivity contribution in [1.29, 1.82) is 0 Å². The first-order valence-corrected chi connectivity index (χ1v) is 6.23. The van der Waals surface area contributed by atoms with Gasteiger partial charge in [0.05, 0.1) is 23.8 Å². The van der Waals surface area contributed by atoms with Crippen molar-refractivity contribution in [2.24, 2.45) is 0 Å². The van der Waals surface area contributed by atoms with Gasteiger partial charge in [0, 0.05) is 0 Å². The van der Waals surface area contributed by atoms with Gasteiger partial charge in [0.1, 0.15) is 12.1 Å². The van der Waals surface area contributed by atoms with Gasteiger partial charge in [0.25, 0.3) is 0 Å². The molecule has 2 N–H and O–H groups in total. The van der Waals surface area contributed by atoms with Crippen molar-refractivity contribution in [3.63, 3.8) is 0 Å². The third-order valence-corrected chi connectivity index (χ3v) is 2.91. The lowest BCUT2D eigenvalue weighted by Crippen LogP contribution is -2.33. The molecule has 19 heavy (non-hydrogen) atoms. The number of rotatable bonds is 3. The Labute approximate surface area is 115 Å². The molecule has 96 valence electrons.